The van der Waals surface area contributed by atoms with E-state index < -0.39 is 14.8 Å². The summed E-state index contributed by atoms with van der Waals surface area (Å²) in [5, 5.41) is 0. The Hall–Kier alpha value is -0.550. The predicted octanol–water partition coefficient (Wildman–Crippen LogP) is 2.34. The van der Waals surface area contributed by atoms with Gasteiger partial charge in [-0.25, -0.2) is 0 Å². The van der Waals surface area contributed by atoms with E-state index in [0.29, 0.717) is 0 Å². The van der Waals surface area contributed by atoms with E-state index in [9.17, 15) is 0 Å². The van der Waals surface area contributed by atoms with Gasteiger partial charge in [0.1, 0.15) is 0 Å². The Bertz CT molecular complexity index is 297. The molecule has 0 aromatic heterocycles. The summed E-state index contributed by atoms with van der Waals surface area (Å²) in [5.41, 5.74) is 0. The summed E-state index contributed by atoms with van der Waals surface area (Å²) in [4.78, 5) is 0. The van der Waals surface area contributed by atoms with Crippen LogP contribution in [0.3, 0.4) is 0 Å². The minimum absolute atomic E-state index is 0. The van der Waals surface area contributed by atoms with Crippen molar-refractivity contribution in [3.63, 3.8) is 0 Å². The molecule has 0 N–H and O–H groups in total. The van der Waals surface area contributed by atoms with Crippen LogP contribution >= 0.6 is 0 Å². The van der Waals surface area contributed by atoms with Crippen molar-refractivity contribution in [1.29, 1.82) is 0 Å². The van der Waals surface area contributed by atoms with Crippen LogP contribution in [-0.4, -0.2) is 84.6 Å². The molecule has 0 atom stereocenters. The zero-order valence-corrected chi connectivity index (χ0v) is 15.0. The zero-order chi connectivity index (χ0) is 16.8. The number of nitrogens with zero attached hydrogens (tertiary/aromatic N) is 3. The molecule has 0 saturated carbocycles. The molecule has 3 nitrogen and oxygen atoms in total. The van der Waals surface area contributed by atoms with E-state index in [0.717, 1.165) is 39.3 Å². The molecule has 5 heteroatoms. The molecule has 0 rings (SSSR count). The van der Waals surface area contributed by atoms with Crippen molar-refractivity contribution in [3.8, 4) is 0 Å². The van der Waals surface area contributed by atoms with Crippen LogP contribution in [-0.2, 0) is 0 Å². The second-order valence-corrected chi connectivity index (χ2v) is 7.82. The Labute approximate surface area is 160 Å². The molecule has 0 bridgehead atoms. The number of hydrogen-bond donors (Lipinski definition) is 0. The monoisotopic (exact) mass is 323 g/mol. The summed E-state index contributed by atoms with van der Waals surface area (Å²) in [7, 11) is 0. The fourth-order valence-electron chi connectivity index (χ4n) is 2.48. The van der Waals surface area contributed by atoms with Gasteiger partial charge >= 0.3 is 33.7 Å². The van der Waals surface area contributed by atoms with Gasteiger partial charge in [0.25, 0.3) is 0 Å². The van der Waals surface area contributed by atoms with Crippen molar-refractivity contribution in [1.82, 2.24) is 11.7 Å². The van der Waals surface area contributed by atoms with Gasteiger partial charge in [0.15, 0.2) is 0 Å². The van der Waals surface area contributed by atoms with Gasteiger partial charge in [-0.2, -0.15) is 0 Å². The van der Waals surface area contributed by atoms with Crippen LogP contribution in [0.1, 0.15) is 0 Å². The molecule has 0 aromatic carbocycles. The van der Waals surface area contributed by atoms with Gasteiger partial charge in [-0.05, 0) is 39.3 Å². The average Bonchev–Trinajstić information content (AvgIpc) is 2.49. The summed E-state index contributed by atoms with van der Waals surface area (Å²) in [6.07, 6.45) is 11.7. The maximum atomic E-state index is 3.90. The van der Waals surface area contributed by atoms with E-state index in [4.69, 9.17) is 0 Å². The molecule has 0 unspecified atom stereocenters. The van der Waals surface area contributed by atoms with Crippen LogP contribution < -0.4 is 0 Å². The first kappa shape index (κ1) is 24.7. The SMILES string of the molecule is C=CC[N](CC=C)[Al]([N](CC=C)CC=C)[N](CC=C)CC=C.[LiH]. The van der Waals surface area contributed by atoms with Crippen LogP contribution in [0.4, 0.5) is 0 Å². The van der Waals surface area contributed by atoms with Crippen LogP contribution in [0.5, 0.6) is 0 Å². The third-order valence-corrected chi connectivity index (χ3v) is 6.39. The van der Waals surface area contributed by atoms with Gasteiger partial charge in [-0.1, -0.05) is 36.5 Å². The van der Waals surface area contributed by atoms with E-state index in [1.165, 1.54) is 0 Å². The predicted molar refractivity (Wildman–Crippen MR) is 109 cm³/mol. The molecule has 23 heavy (non-hydrogen) atoms. The van der Waals surface area contributed by atoms with Crippen molar-refractivity contribution in [3.05, 3.63) is 75.9 Å². The van der Waals surface area contributed by atoms with Crippen LogP contribution in [0.15, 0.2) is 75.9 Å². The normalized spacial score (nSPS) is 10.0. The molecule has 0 fully saturated rings. The van der Waals surface area contributed by atoms with Gasteiger partial charge in [-0.15, -0.1) is 39.5 Å². The first-order valence-corrected chi connectivity index (χ1v) is 9.12. The molecule has 0 aliphatic carbocycles. The van der Waals surface area contributed by atoms with E-state index in [-0.39, 0.29) is 18.9 Å². The van der Waals surface area contributed by atoms with Gasteiger partial charge in [0.2, 0.25) is 0 Å². The quantitative estimate of drug-likeness (QED) is 0.338. The molecular weight excluding hydrogens is 292 g/mol. The summed E-state index contributed by atoms with van der Waals surface area (Å²) < 4.78 is 7.33. The van der Waals surface area contributed by atoms with E-state index in [1.807, 2.05) is 36.5 Å². The summed E-state index contributed by atoms with van der Waals surface area (Å²) in [6, 6.07) is 0. The fourth-order valence-corrected chi connectivity index (χ4v) is 5.89. The summed E-state index contributed by atoms with van der Waals surface area (Å²) in [6.45, 7) is 28.4. The number of rotatable bonds is 15. The van der Waals surface area contributed by atoms with Gasteiger partial charge in [0, 0.05) is 0 Å². The minimum atomic E-state index is -1.61. The average molecular weight is 323 g/mol. The Morgan fingerprint density at radius 1 is 0.478 bits per heavy atom. The molecule has 0 aliphatic rings. The van der Waals surface area contributed by atoms with E-state index in [2.05, 4.69) is 51.1 Å². The number of hydrogen-bond acceptors (Lipinski definition) is 3. The van der Waals surface area contributed by atoms with Gasteiger partial charge in [0.05, 0.1) is 0 Å². The molecule has 0 heterocycles. The fraction of sp³-hybridized carbons (Fsp3) is 0.333. The third kappa shape index (κ3) is 9.36. The summed E-state index contributed by atoms with van der Waals surface area (Å²) >= 11 is -1.61. The standard InChI is InChI=1S/3C6H10N.Al.Li.H/c3*1-3-5-7-6-4-2;;;/h3*3-4H,1-2,5-6H2;;;/q3*-1;+3;;. The van der Waals surface area contributed by atoms with Crippen LogP contribution in [0.2, 0.25) is 0 Å². The molecular formula is C18H31AlLiN3. The van der Waals surface area contributed by atoms with Crippen molar-refractivity contribution in [2.75, 3.05) is 39.3 Å². The Morgan fingerprint density at radius 2 is 0.652 bits per heavy atom. The van der Waals surface area contributed by atoms with Crippen LogP contribution in [0, 0.1) is 0 Å². The van der Waals surface area contributed by atoms with Crippen molar-refractivity contribution in [2.24, 2.45) is 0 Å². The van der Waals surface area contributed by atoms with Gasteiger partial charge < -0.3 is 11.7 Å². The molecule has 0 aromatic rings. The van der Waals surface area contributed by atoms with Crippen molar-refractivity contribution in [2.45, 2.75) is 0 Å². The zero-order valence-electron chi connectivity index (χ0n) is 13.9. The second-order valence-electron chi connectivity index (χ2n) is 4.94. The topological polar surface area (TPSA) is 9.72 Å². The molecule has 0 aliphatic heterocycles. The van der Waals surface area contributed by atoms with Gasteiger partial charge in [-0.3, -0.25) is 0 Å². The third-order valence-electron chi connectivity index (χ3n) is 3.16. The van der Waals surface area contributed by atoms with Crippen LogP contribution in [0.25, 0.3) is 0 Å². The van der Waals surface area contributed by atoms with Crippen molar-refractivity contribution >= 4 is 33.7 Å². The first-order chi connectivity index (χ1) is 10.7. The maximum absolute atomic E-state index is 3.90. The van der Waals surface area contributed by atoms with E-state index in [1.54, 1.807) is 0 Å². The molecule has 0 saturated heterocycles. The molecule has 122 valence electrons. The molecule has 0 radical (unpaired) electrons. The molecule has 0 amide bonds. The van der Waals surface area contributed by atoms with E-state index >= 15 is 0 Å². The first-order valence-electron chi connectivity index (χ1n) is 7.57. The second kappa shape index (κ2) is 16.3. The Morgan fingerprint density at radius 3 is 0.783 bits per heavy atom. The van der Waals surface area contributed by atoms with Crippen molar-refractivity contribution < 1.29 is 0 Å². The summed E-state index contributed by atoms with van der Waals surface area (Å²) in [5.74, 6) is 0. The molecule has 0 spiro atoms. The Balaban J connectivity index is 0. The Kier molecular flexibility index (Phi) is 17.5.